The molecular weight excluding hydrogens is 130 g/mol. The molecule has 0 aromatic carbocycles. The van der Waals surface area contributed by atoms with Gasteiger partial charge in [-0.2, -0.15) is 0 Å². The third kappa shape index (κ3) is 1.51. The number of carbonyl (C=O) groups is 1. The first-order valence-corrected chi connectivity index (χ1v) is 3.19. The van der Waals surface area contributed by atoms with E-state index in [4.69, 9.17) is 5.11 Å². The fourth-order valence-corrected chi connectivity index (χ4v) is 0.823. The van der Waals surface area contributed by atoms with Crippen LogP contribution >= 0.6 is 0 Å². The Morgan fingerprint density at radius 3 is 3.10 bits per heavy atom. The molecule has 0 aliphatic carbocycles. The van der Waals surface area contributed by atoms with E-state index in [0.29, 0.717) is 6.42 Å². The minimum absolute atomic E-state index is 0.0315. The second kappa shape index (κ2) is 3.27. The lowest BCUT2D eigenvalue weighted by Crippen LogP contribution is -2.16. The number of nitrogens with zero attached hydrogens (tertiary/aromatic N) is 1. The summed E-state index contributed by atoms with van der Waals surface area (Å²) in [6.07, 6.45) is 4.95. The Labute approximate surface area is 59.1 Å². The zero-order valence-corrected chi connectivity index (χ0v) is 5.53. The van der Waals surface area contributed by atoms with Crippen LogP contribution in [0.1, 0.15) is 6.42 Å². The first kappa shape index (κ1) is 7.15. The topological polar surface area (TPSA) is 49.7 Å². The highest BCUT2D eigenvalue weighted by atomic mass is 16.3. The van der Waals surface area contributed by atoms with Crippen molar-refractivity contribution in [3.05, 3.63) is 12.3 Å². The van der Waals surface area contributed by atoms with E-state index < -0.39 is 0 Å². The summed E-state index contributed by atoms with van der Waals surface area (Å²) < 4.78 is 0. The molecule has 0 amide bonds. The van der Waals surface area contributed by atoms with Gasteiger partial charge in [0.05, 0.1) is 5.92 Å². The van der Waals surface area contributed by atoms with Crippen LogP contribution in [0.2, 0.25) is 0 Å². The molecule has 10 heavy (non-hydrogen) atoms. The number of aliphatic hydroxyl groups excluding tert-OH is 1. The quantitative estimate of drug-likeness (QED) is 0.592. The molecule has 1 N–H and O–H groups in total. The van der Waals surface area contributed by atoms with Crippen LogP contribution in [0.3, 0.4) is 0 Å². The predicted octanol–water partition coefficient (Wildman–Crippen LogP) is 0.152. The van der Waals surface area contributed by atoms with Crippen molar-refractivity contribution in [3.8, 4) is 0 Å². The van der Waals surface area contributed by atoms with E-state index in [1.165, 1.54) is 12.3 Å². The van der Waals surface area contributed by atoms with Gasteiger partial charge >= 0.3 is 0 Å². The number of hydrogen-bond donors (Lipinski definition) is 1. The number of rotatable bonds is 2. The Kier molecular flexibility index (Phi) is 2.34. The molecule has 0 radical (unpaired) electrons. The van der Waals surface area contributed by atoms with Crippen molar-refractivity contribution >= 4 is 12.0 Å². The van der Waals surface area contributed by atoms with E-state index in [9.17, 15) is 4.79 Å². The zero-order chi connectivity index (χ0) is 7.40. The van der Waals surface area contributed by atoms with E-state index in [2.05, 4.69) is 4.99 Å². The van der Waals surface area contributed by atoms with E-state index in [-0.39, 0.29) is 18.3 Å². The maximum absolute atomic E-state index is 10.9. The molecule has 0 aromatic rings. The minimum Gasteiger partial charge on any atom is -0.396 e. The summed E-state index contributed by atoms with van der Waals surface area (Å²) in [5.74, 6) is -0.168. The van der Waals surface area contributed by atoms with Crippen molar-refractivity contribution in [1.29, 1.82) is 0 Å². The van der Waals surface area contributed by atoms with Crippen molar-refractivity contribution in [2.24, 2.45) is 10.9 Å². The zero-order valence-electron chi connectivity index (χ0n) is 5.53. The van der Waals surface area contributed by atoms with Gasteiger partial charge in [0.1, 0.15) is 0 Å². The number of aliphatic hydroxyl groups is 1. The molecule has 1 rings (SSSR count). The van der Waals surface area contributed by atoms with Gasteiger partial charge in [0.15, 0.2) is 5.78 Å². The summed E-state index contributed by atoms with van der Waals surface area (Å²) in [4.78, 5) is 14.7. The largest absolute Gasteiger partial charge is 0.396 e. The van der Waals surface area contributed by atoms with Crippen LogP contribution in [0.5, 0.6) is 0 Å². The highest BCUT2D eigenvalue weighted by molar-refractivity contribution is 6.03. The fraction of sp³-hybridized carbons (Fsp3) is 0.429. The van der Waals surface area contributed by atoms with Gasteiger partial charge in [0.2, 0.25) is 0 Å². The van der Waals surface area contributed by atoms with Crippen LogP contribution in [0.25, 0.3) is 0 Å². The smallest absolute Gasteiger partial charge is 0.165 e. The SMILES string of the molecule is O=C1C=CN=CC1CCO. The predicted molar refractivity (Wildman–Crippen MR) is 37.8 cm³/mol. The van der Waals surface area contributed by atoms with E-state index >= 15 is 0 Å². The molecule has 3 nitrogen and oxygen atoms in total. The maximum atomic E-state index is 10.9. The molecule has 54 valence electrons. The molecule has 1 atom stereocenters. The van der Waals surface area contributed by atoms with Crippen LogP contribution < -0.4 is 0 Å². The lowest BCUT2D eigenvalue weighted by molar-refractivity contribution is -0.116. The average molecular weight is 139 g/mol. The van der Waals surface area contributed by atoms with Crippen LogP contribution in [0.15, 0.2) is 17.3 Å². The lowest BCUT2D eigenvalue weighted by Gasteiger charge is -2.07. The molecule has 3 heteroatoms. The Hall–Kier alpha value is -0.960. The van der Waals surface area contributed by atoms with Gasteiger partial charge in [-0.25, -0.2) is 0 Å². The van der Waals surface area contributed by atoms with Gasteiger partial charge in [0, 0.05) is 25.1 Å². The van der Waals surface area contributed by atoms with Gasteiger partial charge < -0.3 is 5.11 Å². The molecule has 1 heterocycles. The lowest BCUT2D eigenvalue weighted by atomic mass is 10.0. The Bertz CT molecular complexity index is 184. The molecular formula is C7H9NO2. The molecule has 1 unspecified atom stereocenters. The normalized spacial score (nSPS) is 23.7. The Balaban J connectivity index is 2.53. The average Bonchev–Trinajstić information content (AvgIpc) is 1.94. The van der Waals surface area contributed by atoms with Gasteiger partial charge in [-0.15, -0.1) is 0 Å². The van der Waals surface area contributed by atoms with Crippen molar-refractivity contribution in [3.63, 3.8) is 0 Å². The third-order valence-corrected chi connectivity index (χ3v) is 1.40. The van der Waals surface area contributed by atoms with Gasteiger partial charge in [-0.3, -0.25) is 9.79 Å². The summed E-state index contributed by atoms with van der Waals surface area (Å²) in [7, 11) is 0. The van der Waals surface area contributed by atoms with Crippen molar-refractivity contribution in [2.45, 2.75) is 6.42 Å². The van der Waals surface area contributed by atoms with Gasteiger partial charge in [-0.1, -0.05) is 0 Å². The Morgan fingerprint density at radius 1 is 1.70 bits per heavy atom. The second-order valence-corrected chi connectivity index (χ2v) is 2.14. The molecule has 1 aliphatic rings. The van der Waals surface area contributed by atoms with Crippen LogP contribution in [-0.2, 0) is 4.79 Å². The van der Waals surface area contributed by atoms with Crippen LogP contribution in [-0.4, -0.2) is 23.7 Å². The summed E-state index contributed by atoms with van der Waals surface area (Å²) in [6, 6.07) is 0. The number of aliphatic imine (C=N–C) groups is 1. The molecule has 1 aliphatic heterocycles. The van der Waals surface area contributed by atoms with Crippen LogP contribution in [0, 0.1) is 5.92 Å². The summed E-state index contributed by atoms with van der Waals surface area (Å²) >= 11 is 0. The third-order valence-electron chi connectivity index (χ3n) is 1.40. The summed E-state index contributed by atoms with van der Waals surface area (Å²) in [5.41, 5.74) is 0. The number of ketones is 1. The summed E-state index contributed by atoms with van der Waals surface area (Å²) in [6.45, 7) is 0.0380. The van der Waals surface area contributed by atoms with Gasteiger partial charge in [-0.05, 0) is 6.42 Å². The molecule has 0 fully saturated rings. The van der Waals surface area contributed by atoms with Crippen LogP contribution in [0.4, 0.5) is 0 Å². The van der Waals surface area contributed by atoms with E-state index in [1.807, 2.05) is 0 Å². The molecule has 0 saturated carbocycles. The number of hydrogen-bond acceptors (Lipinski definition) is 3. The van der Waals surface area contributed by atoms with Gasteiger partial charge in [0.25, 0.3) is 0 Å². The number of allylic oxidation sites excluding steroid dienone is 1. The second-order valence-electron chi connectivity index (χ2n) is 2.14. The van der Waals surface area contributed by atoms with Crippen molar-refractivity contribution in [2.75, 3.05) is 6.61 Å². The maximum Gasteiger partial charge on any atom is 0.165 e. The highest BCUT2D eigenvalue weighted by Crippen LogP contribution is 2.05. The molecule has 0 saturated heterocycles. The monoisotopic (exact) mass is 139 g/mol. The van der Waals surface area contributed by atoms with E-state index in [1.54, 1.807) is 6.21 Å². The first-order chi connectivity index (χ1) is 4.84. The molecule has 0 aromatic heterocycles. The van der Waals surface area contributed by atoms with Crippen molar-refractivity contribution < 1.29 is 9.90 Å². The van der Waals surface area contributed by atoms with Crippen molar-refractivity contribution in [1.82, 2.24) is 0 Å². The highest BCUT2D eigenvalue weighted by Gasteiger charge is 2.14. The number of carbonyl (C=O) groups excluding carboxylic acids is 1. The fourth-order valence-electron chi connectivity index (χ4n) is 0.823. The molecule has 0 bridgehead atoms. The van der Waals surface area contributed by atoms with E-state index in [0.717, 1.165) is 0 Å². The molecule has 0 spiro atoms. The minimum atomic E-state index is -0.199. The Morgan fingerprint density at radius 2 is 2.50 bits per heavy atom. The summed E-state index contributed by atoms with van der Waals surface area (Å²) in [5, 5.41) is 8.50. The standard InChI is InChI=1S/C7H9NO2/c9-4-2-6-5-8-3-1-7(6)10/h1,3,5-6,9H,2,4H2. The first-order valence-electron chi connectivity index (χ1n) is 3.19.